The number of H-pyrrole nitrogens is 1. The summed E-state index contributed by atoms with van der Waals surface area (Å²) in [6.07, 6.45) is 0. The van der Waals surface area contributed by atoms with Gasteiger partial charge in [0.15, 0.2) is 5.43 Å². The van der Waals surface area contributed by atoms with Crippen LogP contribution in [-0.4, -0.2) is 13.4 Å². The highest BCUT2D eigenvalue weighted by Gasteiger charge is 2.21. The molecule has 0 fully saturated rings. The van der Waals surface area contributed by atoms with Gasteiger partial charge in [-0.3, -0.25) is 4.79 Å². The maximum Gasteiger partial charge on any atom is 0.221 e. The molecule has 2 aromatic carbocycles. The molecule has 25 heavy (non-hydrogen) atoms. The number of hydrogen-bond donors (Lipinski definition) is 1. The average molecular weight is 371 g/mol. The number of hydrogen-bond acceptors (Lipinski definition) is 4. The zero-order valence-corrected chi connectivity index (χ0v) is 15.4. The zero-order chi connectivity index (χ0) is 18.0. The Labute approximate surface area is 150 Å². The molecule has 1 N–H and O–H groups in total. The minimum atomic E-state index is -3.76. The number of pyridine rings is 1. The van der Waals surface area contributed by atoms with E-state index in [4.69, 9.17) is 0 Å². The summed E-state index contributed by atoms with van der Waals surface area (Å²) in [6, 6.07) is 17.2. The van der Waals surface area contributed by atoms with Crippen molar-refractivity contribution in [1.82, 2.24) is 4.98 Å². The molecular weight excluding hydrogens is 354 g/mol. The predicted octanol–water partition coefficient (Wildman–Crippen LogP) is 3.98. The van der Waals surface area contributed by atoms with Crippen LogP contribution >= 0.6 is 11.8 Å². The Kier molecular flexibility index (Phi) is 4.83. The van der Waals surface area contributed by atoms with E-state index in [0.717, 1.165) is 16.5 Å². The first-order chi connectivity index (χ1) is 11.9. The van der Waals surface area contributed by atoms with Gasteiger partial charge >= 0.3 is 0 Å². The van der Waals surface area contributed by atoms with Gasteiger partial charge in [0.05, 0.1) is 9.79 Å². The number of nitrogens with one attached hydrogen (secondary N) is 1. The molecule has 1 aromatic heterocycles. The lowest BCUT2D eigenvalue weighted by Crippen LogP contribution is -2.13. The van der Waals surface area contributed by atoms with Crippen molar-refractivity contribution in [2.45, 2.75) is 33.6 Å². The SMILES string of the molecule is Cc1ccc(S(=O)(=O)c2cc(=O)c(Sc3ccccc3)c(C)[nH]2)cc1. The second-order valence-electron chi connectivity index (χ2n) is 5.68. The molecule has 0 saturated heterocycles. The number of aryl methyl sites for hydroxylation is 2. The van der Waals surface area contributed by atoms with Gasteiger partial charge in [0.1, 0.15) is 5.03 Å². The molecule has 4 nitrogen and oxygen atoms in total. The Bertz CT molecular complexity index is 1050. The maximum absolute atomic E-state index is 12.7. The van der Waals surface area contributed by atoms with E-state index >= 15 is 0 Å². The monoisotopic (exact) mass is 371 g/mol. The summed E-state index contributed by atoms with van der Waals surface area (Å²) in [5, 5.41) is -0.0868. The van der Waals surface area contributed by atoms with E-state index in [9.17, 15) is 13.2 Å². The fourth-order valence-corrected chi connectivity index (χ4v) is 4.56. The van der Waals surface area contributed by atoms with Gasteiger partial charge in [0, 0.05) is 16.7 Å². The first-order valence-corrected chi connectivity index (χ1v) is 9.96. The highest BCUT2D eigenvalue weighted by atomic mass is 32.2. The van der Waals surface area contributed by atoms with Crippen LogP contribution in [0, 0.1) is 13.8 Å². The third-order valence-electron chi connectivity index (χ3n) is 3.72. The Hall–Kier alpha value is -2.31. The number of sulfone groups is 1. The summed E-state index contributed by atoms with van der Waals surface area (Å²) in [5.74, 6) is 0. The second kappa shape index (κ2) is 6.90. The molecule has 0 amide bonds. The van der Waals surface area contributed by atoms with E-state index in [1.54, 1.807) is 31.2 Å². The lowest BCUT2D eigenvalue weighted by Gasteiger charge is -2.09. The van der Waals surface area contributed by atoms with Crippen molar-refractivity contribution in [2.75, 3.05) is 0 Å². The fourth-order valence-electron chi connectivity index (χ4n) is 2.37. The summed E-state index contributed by atoms with van der Waals surface area (Å²) in [5.41, 5.74) is 1.20. The van der Waals surface area contributed by atoms with Crippen LogP contribution in [0.2, 0.25) is 0 Å². The molecule has 0 saturated carbocycles. The van der Waals surface area contributed by atoms with Crippen molar-refractivity contribution in [3.8, 4) is 0 Å². The lowest BCUT2D eigenvalue weighted by molar-refractivity contribution is 0.591. The topological polar surface area (TPSA) is 67.0 Å². The van der Waals surface area contributed by atoms with Gasteiger partial charge in [0.25, 0.3) is 0 Å². The highest BCUT2D eigenvalue weighted by molar-refractivity contribution is 7.99. The summed E-state index contributed by atoms with van der Waals surface area (Å²) in [7, 11) is -3.76. The predicted molar refractivity (Wildman–Crippen MR) is 99.0 cm³/mol. The van der Waals surface area contributed by atoms with Crippen LogP contribution in [0.1, 0.15) is 11.3 Å². The van der Waals surface area contributed by atoms with Crippen molar-refractivity contribution >= 4 is 21.6 Å². The van der Waals surface area contributed by atoms with Gasteiger partial charge in [0.2, 0.25) is 9.84 Å². The number of aromatic amines is 1. The van der Waals surface area contributed by atoms with Crippen molar-refractivity contribution in [3.63, 3.8) is 0 Å². The van der Waals surface area contributed by atoms with E-state index in [-0.39, 0.29) is 15.4 Å². The summed E-state index contributed by atoms with van der Waals surface area (Å²) in [6.45, 7) is 3.60. The van der Waals surface area contributed by atoms with E-state index < -0.39 is 9.84 Å². The Balaban J connectivity index is 2.02. The van der Waals surface area contributed by atoms with Crippen molar-refractivity contribution in [2.24, 2.45) is 0 Å². The van der Waals surface area contributed by atoms with Crippen LogP contribution in [0.3, 0.4) is 0 Å². The molecule has 1 heterocycles. The molecule has 0 spiro atoms. The largest absolute Gasteiger partial charge is 0.348 e. The summed E-state index contributed by atoms with van der Waals surface area (Å²) in [4.78, 5) is 17.0. The van der Waals surface area contributed by atoms with Crippen LogP contribution in [0.15, 0.2) is 85.2 Å². The lowest BCUT2D eigenvalue weighted by atomic mass is 10.2. The van der Waals surface area contributed by atoms with E-state index in [2.05, 4.69) is 4.98 Å². The minimum Gasteiger partial charge on any atom is -0.348 e. The average Bonchev–Trinajstić information content (AvgIpc) is 2.59. The number of benzene rings is 2. The molecule has 0 aliphatic heterocycles. The first kappa shape index (κ1) is 17.5. The fraction of sp³-hybridized carbons (Fsp3) is 0.105. The third kappa shape index (κ3) is 3.70. The van der Waals surface area contributed by atoms with Crippen molar-refractivity contribution in [3.05, 3.63) is 82.1 Å². The third-order valence-corrected chi connectivity index (χ3v) is 6.63. The summed E-state index contributed by atoms with van der Waals surface area (Å²) < 4.78 is 25.5. The molecule has 6 heteroatoms. The zero-order valence-electron chi connectivity index (χ0n) is 13.8. The van der Waals surface area contributed by atoms with Crippen LogP contribution in [0.4, 0.5) is 0 Å². The molecule has 128 valence electrons. The first-order valence-electron chi connectivity index (χ1n) is 7.66. The second-order valence-corrected chi connectivity index (χ2v) is 8.69. The van der Waals surface area contributed by atoms with Gasteiger partial charge < -0.3 is 4.98 Å². The quantitative estimate of drug-likeness (QED) is 0.753. The number of rotatable bonds is 4. The standard InChI is InChI=1S/C19H17NO3S2/c1-13-8-10-16(11-9-13)25(22,23)18-12-17(21)19(14(2)20-18)24-15-6-4-3-5-7-15/h3-12H,1-2H3,(H,20,21). The van der Waals surface area contributed by atoms with Crippen LogP contribution < -0.4 is 5.43 Å². The van der Waals surface area contributed by atoms with E-state index in [0.29, 0.717) is 10.6 Å². The molecule has 0 bridgehead atoms. The molecule has 0 radical (unpaired) electrons. The van der Waals surface area contributed by atoms with Crippen molar-refractivity contribution < 1.29 is 8.42 Å². The molecular formula is C19H17NO3S2. The van der Waals surface area contributed by atoms with Crippen LogP contribution in [0.5, 0.6) is 0 Å². The molecule has 0 atom stereocenters. The van der Waals surface area contributed by atoms with Gasteiger partial charge in [-0.1, -0.05) is 47.7 Å². The van der Waals surface area contributed by atoms with Gasteiger partial charge in [-0.25, -0.2) is 8.42 Å². The molecule has 0 aliphatic rings. The molecule has 0 unspecified atom stereocenters. The molecule has 0 aliphatic carbocycles. The maximum atomic E-state index is 12.7. The van der Waals surface area contributed by atoms with Crippen molar-refractivity contribution in [1.29, 1.82) is 0 Å². The highest BCUT2D eigenvalue weighted by Crippen LogP contribution is 2.28. The molecule has 3 rings (SSSR count). The normalized spacial score (nSPS) is 11.4. The number of aromatic nitrogens is 1. The Morgan fingerprint density at radius 3 is 2.16 bits per heavy atom. The van der Waals surface area contributed by atoms with Crippen LogP contribution in [0.25, 0.3) is 0 Å². The summed E-state index contributed by atoms with van der Waals surface area (Å²) >= 11 is 1.32. The van der Waals surface area contributed by atoms with Gasteiger partial charge in [-0.15, -0.1) is 0 Å². The molecule has 3 aromatic rings. The smallest absolute Gasteiger partial charge is 0.221 e. The Morgan fingerprint density at radius 1 is 0.920 bits per heavy atom. The minimum absolute atomic E-state index is 0.0868. The van der Waals surface area contributed by atoms with Gasteiger partial charge in [-0.05, 0) is 38.1 Å². The van der Waals surface area contributed by atoms with E-state index in [1.807, 2.05) is 37.3 Å². The van der Waals surface area contributed by atoms with E-state index in [1.165, 1.54) is 11.8 Å². The van der Waals surface area contributed by atoms with Crippen LogP contribution in [-0.2, 0) is 9.84 Å². The van der Waals surface area contributed by atoms with Gasteiger partial charge in [-0.2, -0.15) is 0 Å². The Morgan fingerprint density at radius 2 is 1.56 bits per heavy atom.